The quantitative estimate of drug-likeness (QED) is 0.531. The van der Waals surface area contributed by atoms with Crippen molar-refractivity contribution in [1.82, 2.24) is 4.98 Å². The molecule has 0 spiro atoms. The van der Waals surface area contributed by atoms with E-state index in [2.05, 4.69) is 29.4 Å². The Morgan fingerprint density at radius 3 is 2.52 bits per heavy atom. The summed E-state index contributed by atoms with van der Waals surface area (Å²) in [6, 6.07) is 21.9. The molecule has 0 saturated heterocycles. The van der Waals surface area contributed by atoms with Gasteiger partial charge in [-0.3, -0.25) is 10.1 Å². The van der Waals surface area contributed by atoms with E-state index in [1.807, 2.05) is 60.0 Å². The normalized spacial score (nSPS) is 10.8. The predicted molar refractivity (Wildman–Crippen MR) is 104 cm³/mol. The minimum absolute atomic E-state index is 0.143. The lowest BCUT2D eigenvalue weighted by molar-refractivity contribution is 0.102. The average Bonchev–Trinajstić information content (AvgIpc) is 3.10. The Hall–Kier alpha value is -2.98. The molecule has 0 aliphatic rings. The summed E-state index contributed by atoms with van der Waals surface area (Å²) in [5.74, 6) is -0.143. The highest BCUT2D eigenvalue weighted by Gasteiger charge is 2.10. The molecule has 1 N–H and O–H groups in total. The van der Waals surface area contributed by atoms with Gasteiger partial charge in [0.25, 0.3) is 5.91 Å². The minimum Gasteiger partial charge on any atom is -0.298 e. The molecular weight excluding hydrogens is 328 g/mol. The van der Waals surface area contributed by atoms with Crippen molar-refractivity contribution in [3.63, 3.8) is 0 Å². The first-order valence-corrected chi connectivity index (χ1v) is 8.90. The minimum atomic E-state index is -0.143. The van der Waals surface area contributed by atoms with Crippen LogP contribution in [0.4, 0.5) is 5.13 Å². The lowest BCUT2D eigenvalue weighted by Crippen LogP contribution is -2.11. The molecule has 3 nitrogen and oxygen atoms in total. The second-order valence-electron chi connectivity index (χ2n) is 5.92. The predicted octanol–water partition coefficient (Wildman–Crippen LogP) is 5.52. The fourth-order valence-corrected chi connectivity index (χ4v) is 3.40. The maximum atomic E-state index is 12.5. The van der Waals surface area contributed by atoms with Gasteiger partial charge < -0.3 is 0 Å². The first kappa shape index (κ1) is 15.5. The van der Waals surface area contributed by atoms with E-state index in [0.29, 0.717) is 10.7 Å². The Labute approximate surface area is 150 Å². The summed E-state index contributed by atoms with van der Waals surface area (Å²) in [6.45, 7) is 2.06. The van der Waals surface area contributed by atoms with E-state index in [1.54, 1.807) is 0 Å². The van der Waals surface area contributed by atoms with Crippen molar-refractivity contribution >= 4 is 33.1 Å². The highest BCUT2D eigenvalue weighted by atomic mass is 32.1. The molecule has 0 saturated carbocycles. The lowest BCUT2D eigenvalue weighted by atomic mass is 10.1. The highest BCUT2D eigenvalue weighted by molar-refractivity contribution is 7.14. The summed E-state index contributed by atoms with van der Waals surface area (Å²) < 4.78 is 0. The average molecular weight is 344 g/mol. The molecule has 1 aromatic heterocycles. The number of carbonyl (C=O) groups is 1. The summed E-state index contributed by atoms with van der Waals surface area (Å²) in [5, 5.41) is 7.63. The van der Waals surface area contributed by atoms with Gasteiger partial charge in [-0.2, -0.15) is 0 Å². The zero-order chi connectivity index (χ0) is 17.2. The van der Waals surface area contributed by atoms with Crippen LogP contribution in [0.15, 0.2) is 72.1 Å². The molecule has 0 fully saturated rings. The number of hydrogen-bond acceptors (Lipinski definition) is 3. The molecule has 0 radical (unpaired) electrons. The Bertz CT molecular complexity index is 1050. The number of aromatic nitrogens is 1. The monoisotopic (exact) mass is 344 g/mol. The summed E-state index contributed by atoms with van der Waals surface area (Å²) >= 11 is 1.43. The molecule has 4 rings (SSSR count). The van der Waals surface area contributed by atoms with Gasteiger partial charge in [0, 0.05) is 16.5 Å². The second-order valence-corrected chi connectivity index (χ2v) is 6.78. The van der Waals surface area contributed by atoms with Crippen LogP contribution in [-0.4, -0.2) is 10.9 Å². The summed E-state index contributed by atoms with van der Waals surface area (Å²) in [4.78, 5) is 17.0. The van der Waals surface area contributed by atoms with Crippen LogP contribution in [0.25, 0.3) is 22.0 Å². The number of anilines is 1. The van der Waals surface area contributed by atoms with Crippen LogP contribution >= 0.6 is 11.3 Å². The second kappa shape index (κ2) is 6.49. The Morgan fingerprint density at radius 2 is 1.72 bits per heavy atom. The molecular formula is C21H16N2OS. The van der Waals surface area contributed by atoms with Crippen molar-refractivity contribution in [3.8, 4) is 11.3 Å². The number of amides is 1. The Morgan fingerprint density at radius 1 is 0.960 bits per heavy atom. The molecule has 4 heteroatoms. The zero-order valence-electron chi connectivity index (χ0n) is 13.7. The number of fused-ring (bicyclic) bond motifs is 1. The van der Waals surface area contributed by atoms with Crippen LogP contribution < -0.4 is 5.32 Å². The van der Waals surface area contributed by atoms with Crippen molar-refractivity contribution < 1.29 is 4.79 Å². The Balaban J connectivity index is 1.55. The first-order valence-electron chi connectivity index (χ1n) is 8.02. The Kier molecular flexibility index (Phi) is 4.04. The van der Waals surface area contributed by atoms with Crippen molar-refractivity contribution in [1.29, 1.82) is 0 Å². The fourth-order valence-electron chi connectivity index (χ4n) is 2.69. The summed E-state index contributed by atoms with van der Waals surface area (Å²) in [6.07, 6.45) is 0. The van der Waals surface area contributed by atoms with Gasteiger partial charge in [0.2, 0.25) is 0 Å². The van der Waals surface area contributed by atoms with Gasteiger partial charge in [-0.05, 0) is 29.8 Å². The zero-order valence-corrected chi connectivity index (χ0v) is 14.5. The van der Waals surface area contributed by atoms with Crippen LogP contribution in [0.3, 0.4) is 0 Å². The van der Waals surface area contributed by atoms with E-state index in [0.717, 1.165) is 22.0 Å². The largest absolute Gasteiger partial charge is 0.298 e. The molecule has 1 heterocycles. The molecule has 0 aliphatic heterocycles. The van der Waals surface area contributed by atoms with Gasteiger partial charge in [0.05, 0.1) is 5.69 Å². The van der Waals surface area contributed by atoms with E-state index in [9.17, 15) is 4.79 Å². The molecule has 0 bridgehead atoms. The molecule has 0 aliphatic carbocycles. The van der Waals surface area contributed by atoms with Crippen molar-refractivity contribution in [3.05, 3.63) is 83.2 Å². The maximum Gasteiger partial charge on any atom is 0.257 e. The van der Waals surface area contributed by atoms with E-state index in [-0.39, 0.29) is 5.91 Å². The van der Waals surface area contributed by atoms with Gasteiger partial charge in [0.1, 0.15) is 0 Å². The maximum absolute atomic E-state index is 12.5. The van der Waals surface area contributed by atoms with Crippen molar-refractivity contribution in [2.75, 3.05) is 5.32 Å². The van der Waals surface area contributed by atoms with E-state index in [1.165, 1.54) is 16.9 Å². The molecule has 3 aromatic carbocycles. The van der Waals surface area contributed by atoms with E-state index < -0.39 is 0 Å². The molecule has 0 unspecified atom stereocenters. The number of carbonyl (C=O) groups excluding carboxylic acids is 1. The first-order chi connectivity index (χ1) is 12.2. The van der Waals surface area contributed by atoms with Crippen LogP contribution in [0, 0.1) is 6.92 Å². The third-order valence-electron chi connectivity index (χ3n) is 4.08. The number of nitrogens with zero attached hydrogens (tertiary/aromatic N) is 1. The van der Waals surface area contributed by atoms with Gasteiger partial charge in [-0.1, -0.05) is 60.2 Å². The van der Waals surface area contributed by atoms with Gasteiger partial charge >= 0.3 is 0 Å². The topological polar surface area (TPSA) is 42.0 Å². The molecule has 122 valence electrons. The van der Waals surface area contributed by atoms with Crippen molar-refractivity contribution in [2.24, 2.45) is 0 Å². The standard InChI is InChI=1S/C21H16N2OS/c1-14-6-8-16(9-7-14)19-13-25-21(22-19)23-20(24)18-11-10-15-4-2-3-5-17(15)12-18/h2-13H,1H3,(H,22,23,24). The fraction of sp³-hybridized carbons (Fsp3) is 0.0476. The van der Waals surface area contributed by atoms with Gasteiger partial charge in [-0.15, -0.1) is 11.3 Å². The smallest absolute Gasteiger partial charge is 0.257 e. The number of hydrogen-bond donors (Lipinski definition) is 1. The number of thiazole rings is 1. The number of nitrogens with one attached hydrogen (secondary N) is 1. The van der Waals surface area contributed by atoms with E-state index >= 15 is 0 Å². The lowest BCUT2D eigenvalue weighted by Gasteiger charge is -2.04. The SMILES string of the molecule is Cc1ccc(-c2csc(NC(=O)c3ccc4ccccc4c3)n2)cc1. The third-order valence-corrected chi connectivity index (χ3v) is 4.84. The highest BCUT2D eigenvalue weighted by Crippen LogP contribution is 2.25. The van der Waals surface area contributed by atoms with Crippen LogP contribution in [-0.2, 0) is 0 Å². The molecule has 0 atom stereocenters. The van der Waals surface area contributed by atoms with Gasteiger partial charge in [0.15, 0.2) is 5.13 Å². The van der Waals surface area contributed by atoms with Gasteiger partial charge in [-0.25, -0.2) is 4.98 Å². The third kappa shape index (κ3) is 3.30. The van der Waals surface area contributed by atoms with Crippen LogP contribution in [0.1, 0.15) is 15.9 Å². The number of rotatable bonds is 3. The molecule has 25 heavy (non-hydrogen) atoms. The van der Waals surface area contributed by atoms with Crippen LogP contribution in [0.5, 0.6) is 0 Å². The van der Waals surface area contributed by atoms with E-state index in [4.69, 9.17) is 0 Å². The van der Waals surface area contributed by atoms with Crippen molar-refractivity contribution in [2.45, 2.75) is 6.92 Å². The van der Waals surface area contributed by atoms with Crippen LogP contribution in [0.2, 0.25) is 0 Å². The summed E-state index contributed by atoms with van der Waals surface area (Å²) in [7, 11) is 0. The number of benzene rings is 3. The molecule has 4 aromatic rings. The molecule has 1 amide bonds. The summed E-state index contributed by atoms with van der Waals surface area (Å²) in [5.41, 5.74) is 3.77. The number of aryl methyl sites for hydroxylation is 1.